The Balaban J connectivity index is 2.24. The van der Waals surface area contributed by atoms with Crippen LogP contribution in [0.5, 0.6) is 0 Å². The van der Waals surface area contributed by atoms with Gasteiger partial charge in [-0.05, 0) is 42.3 Å². The van der Waals surface area contributed by atoms with Crippen LogP contribution >= 0.6 is 11.6 Å². The summed E-state index contributed by atoms with van der Waals surface area (Å²) in [6.07, 6.45) is 0. The molecule has 104 valence electrons. The van der Waals surface area contributed by atoms with E-state index in [2.05, 4.69) is 6.58 Å². The molecule has 0 aliphatic carbocycles. The van der Waals surface area contributed by atoms with E-state index in [9.17, 15) is 8.42 Å². The predicted octanol–water partition coefficient (Wildman–Crippen LogP) is 4.14. The summed E-state index contributed by atoms with van der Waals surface area (Å²) in [5, 5.41) is 0.566. The van der Waals surface area contributed by atoms with E-state index in [0.29, 0.717) is 15.5 Å². The fourth-order valence-electron chi connectivity index (χ4n) is 1.85. The molecular formula is C16H15ClO2S. The van der Waals surface area contributed by atoms with Gasteiger partial charge in [0, 0.05) is 5.02 Å². The van der Waals surface area contributed by atoms with Crippen molar-refractivity contribution in [3.63, 3.8) is 0 Å². The van der Waals surface area contributed by atoms with Crippen molar-refractivity contribution < 1.29 is 8.42 Å². The Morgan fingerprint density at radius 1 is 1.15 bits per heavy atom. The molecular weight excluding hydrogens is 292 g/mol. The van der Waals surface area contributed by atoms with E-state index in [1.807, 2.05) is 6.92 Å². The molecule has 0 saturated heterocycles. The van der Waals surface area contributed by atoms with Crippen molar-refractivity contribution in [1.29, 1.82) is 0 Å². The van der Waals surface area contributed by atoms with Crippen molar-refractivity contribution in [2.45, 2.75) is 11.8 Å². The molecule has 0 N–H and O–H groups in total. The molecule has 0 amide bonds. The van der Waals surface area contributed by atoms with Crippen molar-refractivity contribution in [1.82, 2.24) is 0 Å². The Kier molecular flexibility index (Phi) is 4.31. The topological polar surface area (TPSA) is 34.1 Å². The standard InChI is InChI=1S/C16H15ClO2S/c1-12-6-8-16(9-7-12)20(18,19)11-13(2)14-4-3-5-15(17)10-14/h3-10H,2,11H2,1H3. The summed E-state index contributed by atoms with van der Waals surface area (Å²) in [5.41, 5.74) is 2.30. The zero-order chi connectivity index (χ0) is 14.8. The monoisotopic (exact) mass is 306 g/mol. The van der Waals surface area contributed by atoms with E-state index < -0.39 is 9.84 Å². The molecule has 20 heavy (non-hydrogen) atoms. The normalized spacial score (nSPS) is 11.3. The van der Waals surface area contributed by atoms with Crippen molar-refractivity contribution in [2.24, 2.45) is 0 Å². The summed E-state index contributed by atoms with van der Waals surface area (Å²) < 4.78 is 24.6. The smallest absolute Gasteiger partial charge is 0.182 e. The minimum absolute atomic E-state index is 0.115. The van der Waals surface area contributed by atoms with E-state index >= 15 is 0 Å². The van der Waals surface area contributed by atoms with E-state index in [1.165, 1.54) is 0 Å². The lowest BCUT2D eigenvalue weighted by molar-refractivity contribution is 0.599. The molecule has 2 rings (SSSR count). The number of sulfone groups is 1. The molecule has 0 radical (unpaired) electrons. The Labute approximate surface area is 124 Å². The van der Waals surface area contributed by atoms with Crippen molar-refractivity contribution in [2.75, 3.05) is 5.75 Å². The summed E-state index contributed by atoms with van der Waals surface area (Å²) in [6.45, 7) is 5.77. The van der Waals surface area contributed by atoms with Crippen LogP contribution in [0.3, 0.4) is 0 Å². The molecule has 2 aromatic rings. The third-order valence-electron chi connectivity index (χ3n) is 2.98. The zero-order valence-corrected chi connectivity index (χ0v) is 12.7. The molecule has 0 unspecified atom stereocenters. The van der Waals surface area contributed by atoms with Gasteiger partial charge < -0.3 is 0 Å². The average molecular weight is 307 g/mol. The molecule has 0 aliphatic heterocycles. The Hall–Kier alpha value is -1.58. The molecule has 0 bridgehead atoms. The number of benzene rings is 2. The van der Waals surface area contributed by atoms with Gasteiger partial charge in [-0.25, -0.2) is 8.42 Å². The molecule has 4 heteroatoms. The van der Waals surface area contributed by atoms with Crippen molar-refractivity contribution in [3.05, 3.63) is 71.3 Å². The predicted molar refractivity (Wildman–Crippen MR) is 83.7 cm³/mol. The summed E-state index contributed by atoms with van der Waals surface area (Å²) >= 11 is 5.90. The number of hydrogen-bond donors (Lipinski definition) is 0. The molecule has 0 atom stereocenters. The van der Waals surface area contributed by atoms with Crippen LogP contribution in [0.15, 0.2) is 60.0 Å². The lowest BCUT2D eigenvalue weighted by atomic mass is 10.1. The van der Waals surface area contributed by atoms with Gasteiger partial charge in [-0.2, -0.15) is 0 Å². The summed E-state index contributed by atoms with van der Waals surface area (Å²) in [4.78, 5) is 0.311. The fourth-order valence-corrected chi connectivity index (χ4v) is 3.38. The molecule has 0 heterocycles. The average Bonchev–Trinajstić information content (AvgIpc) is 2.38. The highest BCUT2D eigenvalue weighted by atomic mass is 35.5. The van der Waals surface area contributed by atoms with Crippen LogP contribution < -0.4 is 0 Å². The second-order valence-corrected chi connectivity index (χ2v) is 7.11. The quantitative estimate of drug-likeness (QED) is 0.851. The fraction of sp³-hybridized carbons (Fsp3) is 0.125. The van der Waals surface area contributed by atoms with Gasteiger partial charge in [0.05, 0.1) is 10.6 Å². The number of halogens is 1. The molecule has 0 aromatic heterocycles. The lowest BCUT2D eigenvalue weighted by Crippen LogP contribution is -2.08. The maximum absolute atomic E-state index is 12.3. The first-order valence-electron chi connectivity index (χ1n) is 6.11. The van der Waals surface area contributed by atoms with Gasteiger partial charge in [-0.15, -0.1) is 0 Å². The SMILES string of the molecule is C=C(CS(=O)(=O)c1ccc(C)cc1)c1cccc(Cl)c1. The van der Waals surface area contributed by atoms with Crippen LogP contribution in [0.25, 0.3) is 5.57 Å². The molecule has 0 spiro atoms. The van der Waals surface area contributed by atoms with Crippen LogP contribution in [0.1, 0.15) is 11.1 Å². The highest BCUT2D eigenvalue weighted by Gasteiger charge is 2.16. The number of aryl methyl sites for hydroxylation is 1. The van der Waals surface area contributed by atoms with Gasteiger partial charge in [0.1, 0.15) is 0 Å². The molecule has 2 nitrogen and oxygen atoms in total. The molecule has 0 saturated carbocycles. The van der Waals surface area contributed by atoms with Gasteiger partial charge in [-0.3, -0.25) is 0 Å². The maximum Gasteiger partial charge on any atom is 0.182 e. The summed E-state index contributed by atoms with van der Waals surface area (Å²) in [6, 6.07) is 13.9. The minimum Gasteiger partial charge on any atom is -0.223 e. The van der Waals surface area contributed by atoms with E-state index in [-0.39, 0.29) is 5.75 Å². The lowest BCUT2D eigenvalue weighted by Gasteiger charge is -2.08. The first-order valence-corrected chi connectivity index (χ1v) is 8.15. The molecule has 2 aromatic carbocycles. The highest BCUT2D eigenvalue weighted by molar-refractivity contribution is 7.91. The van der Waals surface area contributed by atoms with Crippen LogP contribution in [-0.2, 0) is 9.84 Å². The Morgan fingerprint density at radius 3 is 2.40 bits per heavy atom. The van der Waals surface area contributed by atoms with Gasteiger partial charge in [0.15, 0.2) is 9.84 Å². The largest absolute Gasteiger partial charge is 0.223 e. The first kappa shape index (κ1) is 14.8. The third kappa shape index (κ3) is 3.50. The maximum atomic E-state index is 12.3. The van der Waals surface area contributed by atoms with Gasteiger partial charge >= 0.3 is 0 Å². The van der Waals surface area contributed by atoms with Crippen LogP contribution in [0.2, 0.25) is 5.02 Å². The van der Waals surface area contributed by atoms with Gasteiger partial charge in [0.25, 0.3) is 0 Å². The van der Waals surface area contributed by atoms with Crippen LogP contribution in [-0.4, -0.2) is 14.2 Å². The minimum atomic E-state index is -3.38. The van der Waals surface area contributed by atoms with E-state index in [4.69, 9.17) is 11.6 Å². The highest BCUT2D eigenvalue weighted by Crippen LogP contribution is 2.22. The Morgan fingerprint density at radius 2 is 1.80 bits per heavy atom. The number of rotatable bonds is 4. The van der Waals surface area contributed by atoms with E-state index in [0.717, 1.165) is 11.1 Å². The molecule has 0 fully saturated rings. The summed E-state index contributed by atoms with van der Waals surface area (Å²) in [7, 11) is -3.38. The second kappa shape index (κ2) is 5.81. The van der Waals surface area contributed by atoms with E-state index in [1.54, 1.807) is 48.5 Å². The van der Waals surface area contributed by atoms with Crippen molar-refractivity contribution >= 4 is 27.0 Å². The van der Waals surface area contributed by atoms with Crippen LogP contribution in [0.4, 0.5) is 0 Å². The zero-order valence-electron chi connectivity index (χ0n) is 11.1. The molecule has 0 aliphatic rings. The Bertz CT molecular complexity index is 731. The second-order valence-electron chi connectivity index (χ2n) is 4.69. The summed E-state index contributed by atoms with van der Waals surface area (Å²) in [5.74, 6) is -0.115. The van der Waals surface area contributed by atoms with Crippen LogP contribution in [0, 0.1) is 6.92 Å². The van der Waals surface area contributed by atoms with Crippen molar-refractivity contribution in [3.8, 4) is 0 Å². The third-order valence-corrected chi connectivity index (χ3v) is 4.93. The number of hydrogen-bond acceptors (Lipinski definition) is 2. The first-order chi connectivity index (χ1) is 9.38. The van der Waals surface area contributed by atoms with Gasteiger partial charge in [0.2, 0.25) is 0 Å². The van der Waals surface area contributed by atoms with Gasteiger partial charge in [-0.1, -0.05) is 48.0 Å².